The summed E-state index contributed by atoms with van der Waals surface area (Å²) >= 11 is 5.89. The summed E-state index contributed by atoms with van der Waals surface area (Å²) in [7, 11) is 1.48. The largest absolute Gasteiger partial charge is 0.496 e. The molecular formula is C14H20ClN3O3. The Bertz CT molecular complexity index is 534. The van der Waals surface area contributed by atoms with Crippen LogP contribution in [0.2, 0.25) is 5.02 Å². The third-order valence-electron chi connectivity index (χ3n) is 3.18. The van der Waals surface area contributed by atoms with Gasteiger partial charge in [0, 0.05) is 24.0 Å². The van der Waals surface area contributed by atoms with Gasteiger partial charge in [-0.15, -0.1) is 0 Å². The molecule has 0 aliphatic heterocycles. The Balaban J connectivity index is 2.99. The first-order chi connectivity index (χ1) is 9.94. The molecule has 1 aromatic carbocycles. The van der Waals surface area contributed by atoms with Crippen molar-refractivity contribution in [3.8, 4) is 5.75 Å². The molecule has 0 fully saturated rings. The summed E-state index contributed by atoms with van der Waals surface area (Å²) in [6.07, 6.45) is 0. The van der Waals surface area contributed by atoms with Crippen molar-refractivity contribution in [2.45, 2.75) is 13.8 Å². The smallest absolute Gasteiger partial charge is 0.257 e. The lowest BCUT2D eigenvalue weighted by molar-refractivity contribution is 0.0750. The average molecular weight is 314 g/mol. The fourth-order valence-corrected chi connectivity index (χ4v) is 2.05. The van der Waals surface area contributed by atoms with Gasteiger partial charge in [0.2, 0.25) is 0 Å². The molecule has 6 nitrogen and oxygen atoms in total. The number of methoxy groups -OCH3 is 1. The number of halogens is 1. The summed E-state index contributed by atoms with van der Waals surface area (Å²) in [5.74, 6) is 0.0625. The van der Waals surface area contributed by atoms with Gasteiger partial charge >= 0.3 is 0 Å². The highest BCUT2D eigenvalue weighted by Crippen LogP contribution is 2.24. The second-order valence-corrected chi connectivity index (χ2v) is 5.05. The van der Waals surface area contributed by atoms with Crippen LogP contribution in [0.5, 0.6) is 5.75 Å². The SMILES string of the molecule is CCN(CC(C)C(N)=NO)C(=O)c1ccc(Cl)cc1OC. The van der Waals surface area contributed by atoms with Crippen LogP contribution in [0, 0.1) is 5.92 Å². The van der Waals surface area contributed by atoms with Gasteiger partial charge in [0.05, 0.1) is 12.7 Å². The quantitative estimate of drug-likeness (QED) is 0.365. The van der Waals surface area contributed by atoms with Crippen molar-refractivity contribution in [1.29, 1.82) is 0 Å². The third kappa shape index (κ3) is 4.26. The van der Waals surface area contributed by atoms with Crippen molar-refractivity contribution in [1.82, 2.24) is 4.90 Å². The summed E-state index contributed by atoms with van der Waals surface area (Å²) in [5, 5.41) is 12.1. The minimum Gasteiger partial charge on any atom is -0.496 e. The first kappa shape index (κ1) is 17.1. The molecule has 0 saturated heterocycles. The summed E-state index contributed by atoms with van der Waals surface area (Å²) in [4.78, 5) is 14.2. The lowest BCUT2D eigenvalue weighted by Gasteiger charge is -2.24. The lowest BCUT2D eigenvalue weighted by Crippen LogP contribution is -2.38. The molecule has 0 saturated carbocycles. The Labute approximate surface area is 129 Å². The molecule has 1 rings (SSSR count). The van der Waals surface area contributed by atoms with E-state index in [1.54, 1.807) is 30.0 Å². The molecule has 7 heteroatoms. The van der Waals surface area contributed by atoms with Crippen LogP contribution in [0.1, 0.15) is 24.2 Å². The maximum Gasteiger partial charge on any atom is 0.257 e. The van der Waals surface area contributed by atoms with E-state index in [1.807, 2.05) is 6.92 Å². The molecule has 3 N–H and O–H groups in total. The van der Waals surface area contributed by atoms with Crippen molar-refractivity contribution < 1.29 is 14.7 Å². The molecule has 1 aromatic rings. The minimum absolute atomic E-state index is 0.0873. The molecule has 0 bridgehead atoms. The van der Waals surface area contributed by atoms with Crippen LogP contribution >= 0.6 is 11.6 Å². The molecule has 1 amide bonds. The standard InChI is InChI=1S/C14H20ClN3O3/c1-4-18(8-9(2)13(16)17-20)14(19)11-6-5-10(15)7-12(11)21-3/h5-7,9,20H,4,8H2,1-3H3,(H2,16,17). The maximum atomic E-state index is 12.6. The van der Waals surface area contributed by atoms with E-state index < -0.39 is 0 Å². The molecule has 0 aliphatic carbocycles. The number of amidine groups is 1. The molecule has 0 heterocycles. The number of nitrogens with zero attached hydrogens (tertiary/aromatic N) is 2. The molecular weight excluding hydrogens is 294 g/mol. The van der Waals surface area contributed by atoms with E-state index in [0.717, 1.165) is 0 Å². The van der Waals surface area contributed by atoms with E-state index in [2.05, 4.69) is 5.16 Å². The Morgan fingerprint density at radius 1 is 1.57 bits per heavy atom. The van der Waals surface area contributed by atoms with Crippen LogP contribution in [0.4, 0.5) is 0 Å². The topological polar surface area (TPSA) is 88.1 Å². The predicted molar refractivity (Wildman–Crippen MR) is 82.2 cm³/mol. The van der Waals surface area contributed by atoms with Gasteiger partial charge in [-0.3, -0.25) is 4.79 Å². The zero-order chi connectivity index (χ0) is 16.0. The van der Waals surface area contributed by atoms with Crippen molar-refractivity contribution in [2.75, 3.05) is 20.2 Å². The molecule has 116 valence electrons. The van der Waals surface area contributed by atoms with Gasteiger partial charge in [-0.05, 0) is 25.1 Å². The Morgan fingerprint density at radius 2 is 2.24 bits per heavy atom. The van der Waals surface area contributed by atoms with E-state index in [-0.39, 0.29) is 17.7 Å². The summed E-state index contributed by atoms with van der Waals surface area (Å²) in [6.45, 7) is 4.48. The number of benzene rings is 1. The van der Waals surface area contributed by atoms with Crippen LogP contribution in [0.3, 0.4) is 0 Å². The van der Waals surface area contributed by atoms with Gasteiger partial charge in [-0.2, -0.15) is 0 Å². The minimum atomic E-state index is -0.253. The number of nitrogens with two attached hydrogens (primary N) is 1. The number of carbonyl (C=O) groups excluding carboxylic acids is 1. The second-order valence-electron chi connectivity index (χ2n) is 4.61. The predicted octanol–water partition coefficient (Wildman–Crippen LogP) is 2.19. The van der Waals surface area contributed by atoms with E-state index in [9.17, 15) is 4.79 Å². The van der Waals surface area contributed by atoms with Gasteiger partial charge in [0.1, 0.15) is 11.6 Å². The summed E-state index contributed by atoms with van der Waals surface area (Å²) in [5.41, 5.74) is 5.98. The highest BCUT2D eigenvalue weighted by molar-refractivity contribution is 6.30. The van der Waals surface area contributed by atoms with Crippen LogP contribution in [-0.2, 0) is 0 Å². The molecule has 0 aliphatic rings. The number of amides is 1. The Morgan fingerprint density at radius 3 is 2.76 bits per heavy atom. The average Bonchev–Trinajstić information content (AvgIpc) is 2.50. The summed E-state index contributed by atoms with van der Waals surface area (Å²) < 4.78 is 5.20. The van der Waals surface area contributed by atoms with Crippen molar-refractivity contribution in [2.24, 2.45) is 16.8 Å². The highest BCUT2D eigenvalue weighted by atomic mass is 35.5. The summed E-state index contributed by atoms with van der Waals surface area (Å²) in [6, 6.07) is 4.86. The molecule has 0 aromatic heterocycles. The number of rotatable bonds is 6. The fraction of sp³-hybridized carbons (Fsp3) is 0.429. The Kier molecular flexibility index (Phi) is 6.30. The maximum absolute atomic E-state index is 12.6. The lowest BCUT2D eigenvalue weighted by atomic mass is 10.1. The zero-order valence-corrected chi connectivity index (χ0v) is 13.1. The van der Waals surface area contributed by atoms with Gasteiger partial charge in [0.25, 0.3) is 5.91 Å². The first-order valence-corrected chi connectivity index (χ1v) is 6.92. The van der Waals surface area contributed by atoms with Crippen molar-refractivity contribution in [3.63, 3.8) is 0 Å². The van der Waals surface area contributed by atoms with Gasteiger partial charge in [-0.1, -0.05) is 23.7 Å². The van der Waals surface area contributed by atoms with E-state index in [4.69, 9.17) is 27.3 Å². The van der Waals surface area contributed by atoms with Gasteiger partial charge < -0.3 is 20.6 Å². The molecule has 1 unspecified atom stereocenters. The number of hydrogen-bond acceptors (Lipinski definition) is 4. The fourth-order valence-electron chi connectivity index (χ4n) is 1.89. The monoisotopic (exact) mass is 313 g/mol. The van der Waals surface area contributed by atoms with Crippen molar-refractivity contribution in [3.05, 3.63) is 28.8 Å². The first-order valence-electron chi connectivity index (χ1n) is 6.54. The second kappa shape index (κ2) is 7.73. The number of oxime groups is 1. The highest BCUT2D eigenvalue weighted by Gasteiger charge is 2.21. The van der Waals surface area contributed by atoms with Crippen molar-refractivity contribution >= 4 is 23.3 Å². The van der Waals surface area contributed by atoms with E-state index in [1.165, 1.54) is 7.11 Å². The van der Waals surface area contributed by atoms with Gasteiger partial charge in [0.15, 0.2) is 0 Å². The molecule has 0 radical (unpaired) electrons. The van der Waals surface area contributed by atoms with Crippen LogP contribution in [0.15, 0.2) is 23.4 Å². The number of carbonyl (C=O) groups is 1. The molecule has 21 heavy (non-hydrogen) atoms. The number of ether oxygens (including phenoxy) is 1. The van der Waals surface area contributed by atoms with Crippen LogP contribution < -0.4 is 10.5 Å². The zero-order valence-electron chi connectivity index (χ0n) is 12.3. The number of hydrogen-bond donors (Lipinski definition) is 2. The van der Waals surface area contributed by atoms with Gasteiger partial charge in [-0.25, -0.2) is 0 Å². The normalized spacial score (nSPS) is 12.9. The molecule has 1 atom stereocenters. The van der Waals surface area contributed by atoms with E-state index in [0.29, 0.717) is 29.4 Å². The molecule has 0 spiro atoms. The third-order valence-corrected chi connectivity index (χ3v) is 3.41. The van der Waals surface area contributed by atoms with E-state index >= 15 is 0 Å². The van der Waals surface area contributed by atoms with Crippen LogP contribution in [-0.4, -0.2) is 42.0 Å². The van der Waals surface area contributed by atoms with Crippen LogP contribution in [0.25, 0.3) is 0 Å². The Hall–Kier alpha value is -1.95.